The molecule has 1 aromatic carbocycles. The molecule has 94 valence electrons. The molecule has 0 bridgehead atoms. The first-order valence-corrected chi connectivity index (χ1v) is 5.92. The van der Waals surface area contributed by atoms with Gasteiger partial charge in [-0.25, -0.2) is 0 Å². The molecular weight excluding hydrogens is 232 g/mol. The maximum absolute atomic E-state index is 6.09. The minimum atomic E-state index is -0.409. The lowest BCUT2D eigenvalue weighted by atomic mass is 9.96. The van der Waals surface area contributed by atoms with E-state index in [-0.39, 0.29) is 0 Å². The smallest absolute Gasteiger partial charge is 0.214 e. The molecular formula is C12H14N4O2. The summed E-state index contributed by atoms with van der Waals surface area (Å²) in [4.78, 5) is 2.15. The zero-order valence-corrected chi connectivity index (χ0v) is 10.1. The van der Waals surface area contributed by atoms with Crippen LogP contribution in [0, 0.1) is 0 Å². The highest BCUT2D eigenvalue weighted by molar-refractivity contribution is 6.08. The van der Waals surface area contributed by atoms with Crippen molar-refractivity contribution in [3.05, 3.63) is 18.2 Å². The molecule has 0 radical (unpaired) electrons. The monoisotopic (exact) mass is 246 g/mol. The van der Waals surface area contributed by atoms with Crippen LogP contribution in [-0.2, 0) is 4.74 Å². The van der Waals surface area contributed by atoms with E-state index in [9.17, 15) is 0 Å². The molecule has 1 spiro atoms. The largest absolute Gasteiger partial charge is 0.472 e. The van der Waals surface area contributed by atoms with E-state index in [4.69, 9.17) is 15.2 Å². The number of nitrogens with two attached hydrogens (primary N) is 1. The average Bonchev–Trinajstić information content (AvgIpc) is 2.68. The van der Waals surface area contributed by atoms with Gasteiger partial charge >= 0.3 is 0 Å². The van der Waals surface area contributed by atoms with Crippen molar-refractivity contribution in [1.29, 1.82) is 0 Å². The molecule has 0 atom stereocenters. The molecule has 1 aromatic rings. The second-order valence-electron chi connectivity index (χ2n) is 4.97. The van der Waals surface area contributed by atoms with Gasteiger partial charge in [-0.1, -0.05) is 0 Å². The molecule has 3 heterocycles. The Hall–Kier alpha value is -1.95. The summed E-state index contributed by atoms with van der Waals surface area (Å²) in [5, 5.41) is 6.44. The fourth-order valence-corrected chi connectivity index (χ4v) is 2.61. The lowest BCUT2D eigenvalue weighted by Crippen LogP contribution is -2.66. The van der Waals surface area contributed by atoms with Crippen LogP contribution in [0.3, 0.4) is 0 Å². The number of amidine groups is 1. The van der Waals surface area contributed by atoms with Gasteiger partial charge in [0.15, 0.2) is 5.84 Å². The summed E-state index contributed by atoms with van der Waals surface area (Å²) in [6, 6.07) is 5.70. The van der Waals surface area contributed by atoms with Crippen molar-refractivity contribution in [3.8, 4) is 5.75 Å². The topological polar surface area (TPSA) is 63.3 Å². The van der Waals surface area contributed by atoms with E-state index in [1.54, 1.807) is 0 Å². The molecule has 3 aliphatic rings. The van der Waals surface area contributed by atoms with E-state index in [1.165, 1.54) is 0 Å². The third kappa shape index (κ3) is 1.13. The van der Waals surface area contributed by atoms with Gasteiger partial charge < -0.3 is 20.1 Å². The Morgan fingerprint density at radius 1 is 1.39 bits per heavy atom. The van der Waals surface area contributed by atoms with Gasteiger partial charge in [0.1, 0.15) is 12.4 Å². The first-order valence-electron chi connectivity index (χ1n) is 5.92. The van der Waals surface area contributed by atoms with Gasteiger partial charge in [-0.2, -0.15) is 5.10 Å². The molecule has 6 heteroatoms. The number of anilines is 2. The molecule has 0 unspecified atom stereocenters. The highest BCUT2D eigenvalue weighted by atomic mass is 16.6. The van der Waals surface area contributed by atoms with Gasteiger partial charge in [0.05, 0.1) is 18.9 Å². The molecule has 18 heavy (non-hydrogen) atoms. The highest BCUT2D eigenvalue weighted by Gasteiger charge is 2.54. The predicted molar refractivity (Wildman–Crippen MR) is 67.6 cm³/mol. The minimum Gasteiger partial charge on any atom is -0.472 e. The van der Waals surface area contributed by atoms with Crippen molar-refractivity contribution >= 4 is 17.2 Å². The van der Waals surface area contributed by atoms with Gasteiger partial charge in [-0.3, -0.25) is 5.01 Å². The Kier molecular flexibility index (Phi) is 1.71. The van der Waals surface area contributed by atoms with E-state index in [1.807, 2.05) is 30.3 Å². The van der Waals surface area contributed by atoms with Crippen LogP contribution < -0.4 is 15.4 Å². The zero-order chi connectivity index (χ0) is 12.3. The van der Waals surface area contributed by atoms with Crippen molar-refractivity contribution in [1.82, 2.24) is 5.01 Å². The highest BCUT2D eigenvalue weighted by Crippen LogP contribution is 2.43. The number of hydrogen-bond donors (Lipinski definition) is 1. The summed E-state index contributed by atoms with van der Waals surface area (Å²) in [6.07, 6.45) is 0. The maximum atomic E-state index is 6.09. The van der Waals surface area contributed by atoms with Crippen LogP contribution in [0.4, 0.5) is 11.4 Å². The Bertz CT molecular complexity index is 553. The van der Waals surface area contributed by atoms with Crippen LogP contribution in [0.1, 0.15) is 0 Å². The number of benzene rings is 1. The Morgan fingerprint density at radius 2 is 2.22 bits per heavy atom. The molecule has 1 saturated heterocycles. The second-order valence-corrected chi connectivity index (χ2v) is 4.97. The molecule has 3 aliphatic heterocycles. The van der Waals surface area contributed by atoms with Crippen molar-refractivity contribution < 1.29 is 9.47 Å². The van der Waals surface area contributed by atoms with Crippen molar-refractivity contribution in [2.75, 3.05) is 37.6 Å². The zero-order valence-electron chi connectivity index (χ0n) is 10.1. The molecule has 0 aliphatic carbocycles. The quantitative estimate of drug-likeness (QED) is 0.673. The van der Waals surface area contributed by atoms with Crippen LogP contribution in [0.25, 0.3) is 0 Å². The van der Waals surface area contributed by atoms with E-state index in [2.05, 4.69) is 10.0 Å². The number of hydrogen-bond acceptors (Lipinski definition) is 6. The Labute approximate surface area is 105 Å². The third-order valence-corrected chi connectivity index (χ3v) is 3.52. The van der Waals surface area contributed by atoms with Crippen molar-refractivity contribution in [2.45, 2.75) is 5.60 Å². The summed E-state index contributed by atoms with van der Waals surface area (Å²) < 4.78 is 11.4. The summed E-state index contributed by atoms with van der Waals surface area (Å²) in [5.41, 5.74) is 7.15. The molecule has 0 saturated carbocycles. The Morgan fingerprint density at radius 3 is 2.94 bits per heavy atom. The second kappa shape index (κ2) is 3.08. The van der Waals surface area contributed by atoms with Crippen LogP contribution in [0.15, 0.2) is 23.3 Å². The van der Waals surface area contributed by atoms with Gasteiger partial charge in [0.25, 0.3) is 0 Å². The van der Waals surface area contributed by atoms with Gasteiger partial charge in [-0.15, -0.1) is 0 Å². The molecule has 1 fully saturated rings. The SMILES string of the molecule is CN1CN2C(=N1)C1(COC1)Oc1ccc(N)cc12. The van der Waals surface area contributed by atoms with Gasteiger partial charge in [-0.05, 0) is 18.2 Å². The lowest BCUT2D eigenvalue weighted by molar-refractivity contribution is -0.121. The number of hydrazone groups is 1. The van der Waals surface area contributed by atoms with Crippen LogP contribution >= 0.6 is 0 Å². The van der Waals surface area contributed by atoms with Crippen molar-refractivity contribution in [2.24, 2.45) is 5.10 Å². The van der Waals surface area contributed by atoms with E-state index in [0.717, 1.165) is 29.6 Å². The fraction of sp³-hybridized carbons (Fsp3) is 0.417. The van der Waals surface area contributed by atoms with Crippen LogP contribution in [0.5, 0.6) is 5.75 Å². The molecule has 0 amide bonds. The number of ether oxygens (including phenoxy) is 2. The summed E-state index contributed by atoms with van der Waals surface area (Å²) in [5.74, 6) is 1.77. The summed E-state index contributed by atoms with van der Waals surface area (Å²) in [6.45, 7) is 1.83. The predicted octanol–water partition coefficient (Wildman–Crippen LogP) is 0.453. The molecule has 0 aromatic heterocycles. The van der Waals surface area contributed by atoms with Crippen LogP contribution in [0.2, 0.25) is 0 Å². The molecule has 6 nitrogen and oxygen atoms in total. The maximum Gasteiger partial charge on any atom is 0.214 e. The minimum absolute atomic E-state index is 0.409. The molecule has 2 N–H and O–H groups in total. The third-order valence-electron chi connectivity index (χ3n) is 3.52. The number of fused-ring (bicyclic) bond motifs is 4. The molecule has 4 rings (SSSR count). The van der Waals surface area contributed by atoms with E-state index < -0.39 is 5.60 Å². The number of nitrogens with zero attached hydrogens (tertiary/aromatic N) is 3. The van der Waals surface area contributed by atoms with Gasteiger partial charge in [0.2, 0.25) is 5.60 Å². The number of nitrogen functional groups attached to an aromatic ring is 1. The fourth-order valence-electron chi connectivity index (χ4n) is 2.61. The average molecular weight is 246 g/mol. The lowest BCUT2D eigenvalue weighted by Gasteiger charge is -2.46. The van der Waals surface area contributed by atoms with Gasteiger partial charge in [0, 0.05) is 12.7 Å². The standard InChI is InChI=1S/C12H14N4O2/c1-15-7-16-9-4-8(13)2-3-10(9)18-12(5-17-6-12)11(16)14-15/h2-4H,5-7,13H2,1H3. The summed E-state index contributed by atoms with van der Waals surface area (Å²) >= 11 is 0. The van der Waals surface area contributed by atoms with E-state index in [0.29, 0.717) is 13.2 Å². The number of rotatable bonds is 0. The summed E-state index contributed by atoms with van der Waals surface area (Å²) in [7, 11) is 1.95. The first-order chi connectivity index (χ1) is 8.68. The normalized spacial score (nSPS) is 23.1. The van der Waals surface area contributed by atoms with E-state index >= 15 is 0 Å². The van der Waals surface area contributed by atoms with Crippen molar-refractivity contribution in [3.63, 3.8) is 0 Å². The van der Waals surface area contributed by atoms with Crippen LogP contribution in [-0.4, -0.2) is 43.4 Å². The first kappa shape index (κ1) is 10.0. The Balaban J connectivity index is 1.88.